The van der Waals surface area contributed by atoms with Crippen LogP contribution in [0.25, 0.3) is 0 Å². The van der Waals surface area contributed by atoms with Crippen molar-refractivity contribution in [2.24, 2.45) is 0 Å². The summed E-state index contributed by atoms with van der Waals surface area (Å²) in [5, 5.41) is 0. The van der Waals surface area contributed by atoms with E-state index in [0.717, 1.165) is 5.56 Å². The van der Waals surface area contributed by atoms with Gasteiger partial charge in [0.05, 0.1) is 18.0 Å². The third kappa shape index (κ3) is 5.92. The topological polar surface area (TPSA) is 135 Å². The molecule has 1 fully saturated rings. The van der Waals surface area contributed by atoms with E-state index in [1.165, 1.54) is 44.3 Å². The first-order valence-electron chi connectivity index (χ1n) is 12.3. The minimum absolute atomic E-state index is 0.0332. The van der Waals surface area contributed by atoms with Crippen LogP contribution in [0.1, 0.15) is 43.6 Å². The van der Waals surface area contributed by atoms with E-state index in [1.54, 1.807) is 30.3 Å². The first-order valence-corrected chi connectivity index (χ1v) is 13.7. The molecule has 0 radical (unpaired) electrons. The van der Waals surface area contributed by atoms with Crippen molar-refractivity contribution >= 4 is 27.9 Å². The number of sulfonamides is 1. The Kier molecular flexibility index (Phi) is 8.28. The highest BCUT2D eigenvalue weighted by molar-refractivity contribution is 7.89. The lowest BCUT2D eigenvalue weighted by atomic mass is 9.84. The lowest BCUT2D eigenvalue weighted by molar-refractivity contribution is -0.235. The molecule has 2 aromatic carbocycles. The third-order valence-electron chi connectivity index (χ3n) is 6.66. The molecule has 0 aromatic heterocycles. The highest BCUT2D eigenvalue weighted by Crippen LogP contribution is 2.46. The highest BCUT2D eigenvalue weighted by atomic mass is 32.2. The average molecular weight is 562 g/mol. The molecular weight excluding hydrogens is 530 g/mol. The molecule has 0 N–H and O–H groups in total. The summed E-state index contributed by atoms with van der Waals surface area (Å²) in [5.41, 5.74) is 2.13. The number of aryl methyl sites for hydroxylation is 1. The van der Waals surface area contributed by atoms with Crippen LogP contribution in [0.4, 0.5) is 0 Å². The van der Waals surface area contributed by atoms with Gasteiger partial charge in [-0.1, -0.05) is 23.8 Å². The monoisotopic (exact) mass is 561 g/mol. The zero-order valence-corrected chi connectivity index (χ0v) is 23.1. The van der Waals surface area contributed by atoms with Crippen molar-refractivity contribution in [3.8, 4) is 5.75 Å². The lowest BCUT2D eigenvalue weighted by Gasteiger charge is -2.51. The normalized spacial score (nSPS) is 24.6. The Hall–Kier alpha value is -3.48. The molecule has 0 unspecified atom stereocenters. The number of hydrogen-bond acceptors (Lipinski definition) is 10. The van der Waals surface area contributed by atoms with Gasteiger partial charge in [-0.2, -0.15) is 4.31 Å². The number of methoxy groups -OCH3 is 1. The zero-order chi connectivity index (χ0) is 28.5. The van der Waals surface area contributed by atoms with Crippen LogP contribution >= 0.6 is 0 Å². The van der Waals surface area contributed by atoms with Gasteiger partial charge < -0.3 is 23.7 Å². The number of fused-ring (bicyclic) bond motifs is 3. The second-order valence-electron chi connectivity index (χ2n) is 9.46. The van der Waals surface area contributed by atoms with Crippen LogP contribution in [0.15, 0.2) is 47.4 Å². The molecular formula is C27H31NO10S. The molecule has 2 aromatic rings. The summed E-state index contributed by atoms with van der Waals surface area (Å²) in [6.45, 7) is 5.00. The number of carbonyl (C=O) groups excluding carboxylic acids is 3. The van der Waals surface area contributed by atoms with E-state index in [1.807, 2.05) is 6.92 Å². The van der Waals surface area contributed by atoms with Crippen molar-refractivity contribution in [2.45, 2.75) is 69.6 Å². The summed E-state index contributed by atoms with van der Waals surface area (Å²) < 4.78 is 57.5. The second-order valence-corrected chi connectivity index (χ2v) is 11.4. The van der Waals surface area contributed by atoms with Crippen molar-refractivity contribution in [3.05, 3.63) is 59.2 Å². The van der Waals surface area contributed by atoms with E-state index in [4.69, 9.17) is 23.7 Å². The van der Waals surface area contributed by atoms with Gasteiger partial charge in [0.25, 0.3) is 0 Å². The van der Waals surface area contributed by atoms with Crippen LogP contribution in [0.5, 0.6) is 5.75 Å². The molecule has 2 heterocycles. The van der Waals surface area contributed by atoms with E-state index in [-0.39, 0.29) is 18.0 Å². The molecule has 2 aliphatic rings. The molecule has 210 valence electrons. The predicted molar refractivity (Wildman–Crippen MR) is 136 cm³/mol. The summed E-state index contributed by atoms with van der Waals surface area (Å²) >= 11 is 0. The number of hydrogen-bond donors (Lipinski definition) is 0. The summed E-state index contributed by atoms with van der Waals surface area (Å²) in [6, 6.07) is 10.4. The maximum absolute atomic E-state index is 14.1. The number of carbonyl (C=O) groups is 3. The van der Waals surface area contributed by atoms with Gasteiger partial charge in [0.15, 0.2) is 12.2 Å². The van der Waals surface area contributed by atoms with Gasteiger partial charge >= 0.3 is 17.9 Å². The van der Waals surface area contributed by atoms with E-state index >= 15 is 0 Å². The quantitative estimate of drug-likeness (QED) is 0.366. The molecule has 0 aliphatic carbocycles. The van der Waals surface area contributed by atoms with E-state index < -0.39 is 58.4 Å². The molecule has 11 nitrogen and oxygen atoms in total. The maximum atomic E-state index is 14.1. The maximum Gasteiger partial charge on any atom is 0.303 e. The standard InChI is InChI=1S/C27H31NO10S/c1-15-6-9-21(10-7-15)39(32,33)28-13-19-12-20(34-5)8-11-22(19)25-24(28)27(37-18(4)31)26(36-17(3)30)23(38-25)14-35-16(2)29/h6-12,23-27H,13-14H2,1-5H3/t23-,24+,25-,26-,27-/m1/s1. The molecule has 4 rings (SSSR count). The molecule has 1 saturated heterocycles. The number of nitrogens with zero attached hydrogens (tertiary/aromatic N) is 1. The molecule has 12 heteroatoms. The minimum Gasteiger partial charge on any atom is -0.497 e. The Bertz CT molecular complexity index is 1360. The van der Waals surface area contributed by atoms with E-state index in [2.05, 4.69) is 0 Å². The molecule has 0 spiro atoms. The Morgan fingerprint density at radius 2 is 1.59 bits per heavy atom. The summed E-state index contributed by atoms with van der Waals surface area (Å²) in [4.78, 5) is 36.1. The van der Waals surface area contributed by atoms with Crippen LogP contribution in [-0.2, 0) is 49.9 Å². The minimum atomic E-state index is -4.18. The van der Waals surface area contributed by atoms with E-state index in [0.29, 0.717) is 16.9 Å². The van der Waals surface area contributed by atoms with Gasteiger partial charge in [-0.25, -0.2) is 8.42 Å². The predicted octanol–water partition coefficient (Wildman–Crippen LogP) is 2.44. The van der Waals surface area contributed by atoms with Gasteiger partial charge in [-0.05, 0) is 42.3 Å². The summed E-state index contributed by atoms with van der Waals surface area (Å²) in [7, 11) is -2.68. The third-order valence-corrected chi connectivity index (χ3v) is 8.51. The smallest absolute Gasteiger partial charge is 0.303 e. The first kappa shape index (κ1) is 28.5. The van der Waals surface area contributed by atoms with Gasteiger partial charge in [0.2, 0.25) is 10.0 Å². The summed E-state index contributed by atoms with van der Waals surface area (Å²) in [6.07, 6.45) is -4.55. The van der Waals surface area contributed by atoms with Crippen LogP contribution in [0, 0.1) is 6.92 Å². The van der Waals surface area contributed by atoms with Crippen LogP contribution in [0.2, 0.25) is 0 Å². The van der Waals surface area contributed by atoms with Crippen LogP contribution in [0.3, 0.4) is 0 Å². The molecule has 39 heavy (non-hydrogen) atoms. The number of ether oxygens (including phenoxy) is 5. The molecule has 0 bridgehead atoms. The number of benzene rings is 2. The van der Waals surface area contributed by atoms with Gasteiger partial charge in [0, 0.05) is 27.3 Å². The van der Waals surface area contributed by atoms with Crippen molar-refractivity contribution < 1.29 is 46.5 Å². The Morgan fingerprint density at radius 1 is 0.949 bits per heavy atom. The SMILES string of the molecule is COc1ccc2c(c1)CN(S(=O)(=O)c1ccc(C)cc1)[C@@H]1[C@@H](OC(C)=O)[C@H](OC(C)=O)[C@@H](COC(C)=O)O[C@H]21. The highest BCUT2D eigenvalue weighted by Gasteiger charge is 2.57. The second kappa shape index (κ2) is 11.3. The Morgan fingerprint density at radius 3 is 2.18 bits per heavy atom. The Balaban J connectivity index is 1.91. The van der Waals surface area contributed by atoms with E-state index in [9.17, 15) is 22.8 Å². The average Bonchev–Trinajstić information content (AvgIpc) is 2.87. The van der Waals surface area contributed by atoms with Gasteiger partial charge in [-0.3, -0.25) is 14.4 Å². The van der Waals surface area contributed by atoms with Crippen molar-refractivity contribution in [2.75, 3.05) is 13.7 Å². The Labute approximate surface area is 227 Å². The van der Waals surface area contributed by atoms with Crippen LogP contribution in [-0.4, -0.2) is 68.7 Å². The van der Waals surface area contributed by atoms with Gasteiger partial charge in [0.1, 0.15) is 24.6 Å². The van der Waals surface area contributed by atoms with Gasteiger partial charge in [-0.15, -0.1) is 0 Å². The molecule has 0 saturated carbocycles. The summed E-state index contributed by atoms with van der Waals surface area (Å²) in [5.74, 6) is -1.50. The number of rotatable bonds is 7. The number of esters is 3. The fraction of sp³-hybridized carbons (Fsp3) is 0.444. The van der Waals surface area contributed by atoms with Crippen molar-refractivity contribution in [1.82, 2.24) is 4.31 Å². The fourth-order valence-electron chi connectivity index (χ4n) is 4.98. The molecule has 5 atom stereocenters. The van der Waals surface area contributed by atoms with Crippen molar-refractivity contribution in [3.63, 3.8) is 0 Å². The zero-order valence-electron chi connectivity index (χ0n) is 22.3. The lowest BCUT2D eigenvalue weighted by Crippen LogP contribution is -2.65. The molecule has 0 amide bonds. The molecule has 2 aliphatic heterocycles. The fourth-order valence-corrected chi connectivity index (χ4v) is 6.59. The van der Waals surface area contributed by atoms with Crippen molar-refractivity contribution in [1.29, 1.82) is 0 Å². The van der Waals surface area contributed by atoms with Crippen LogP contribution < -0.4 is 4.74 Å². The largest absolute Gasteiger partial charge is 0.497 e. The first-order chi connectivity index (χ1) is 18.4.